The molecule has 0 aromatic rings. The number of aliphatic carboxylic acids is 1. The van der Waals surface area contributed by atoms with Gasteiger partial charge in [0.1, 0.15) is 0 Å². The molecule has 25 heavy (non-hydrogen) atoms. The maximum absolute atomic E-state index is 10.5. The van der Waals surface area contributed by atoms with Crippen LogP contribution in [-0.4, -0.2) is 44.7 Å². The van der Waals surface area contributed by atoms with Gasteiger partial charge in [0.25, 0.3) is 0 Å². The second kappa shape index (κ2) is 12.2. The third kappa shape index (κ3) is 8.66. The predicted octanol–water partition coefficient (Wildman–Crippen LogP) is 3.04. The summed E-state index contributed by atoms with van der Waals surface area (Å²) in [7, 11) is 0. The molecule has 0 heterocycles. The second-order valence-electron chi connectivity index (χ2n) is 7.05. The molecule has 0 aliphatic heterocycles. The molecular formula is C20H34O5. The van der Waals surface area contributed by atoms with Gasteiger partial charge in [0, 0.05) is 18.8 Å². The Bertz CT molecular complexity index is 432. The van der Waals surface area contributed by atoms with Crippen LogP contribution in [-0.2, 0) is 4.79 Å². The zero-order valence-corrected chi connectivity index (χ0v) is 15.3. The van der Waals surface area contributed by atoms with Crippen LogP contribution >= 0.6 is 0 Å². The van der Waals surface area contributed by atoms with Crippen LogP contribution < -0.4 is 0 Å². The van der Waals surface area contributed by atoms with Gasteiger partial charge in [0.05, 0.1) is 18.3 Å². The summed E-state index contributed by atoms with van der Waals surface area (Å²) in [6.07, 6.45) is 12.3. The standard InChI is InChI=1S/C20H34O5/c1-2-3-6-9-15(21)12-13-17-16(18(22)14-19(17)23)10-7-4-5-8-11-20(24)25/h4,7,12-13,15-19,21-23H,2-3,5-6,8-11,14H2,1H3,(H,24,25)/t15-,16+,17+,18-,19+/m0/s1. The number of carboxylic acid groups (broad SMARTS) is 1. The average Bonchev–Trinajstić information content (AvgIpc) is 2.82. The normalized spacial score (nSPS) is 28.2. The van der Waals surface area contributed by atoms with Gasteiger partial charge in [-0.05, 0) is 31.6 Å². The van der Waals surface area contributed by atoms with Gasteiger partial charge >= 0.3 is 5.97 Å². The van der Waals surface area contributed by atoms with Crippen molar-refractivity contribution in [3.05, 3.63) is 24.3 Å². The van der Waals surface area contributed by atoms with Crippen molar-refractivity contribution in [3.8, 4) is 0 Å². The highest BCUT2D eigenvalue weighted by Gasteiger charge is 2.39. The van der Waals surface area contributed by atoms with E-state index in [4.69, 9.17) is 5.11 Å². The zero-order chi connectivity index (χ0) is 18.7. The van der Waals surface area contributed by atoms with Crippen molar-refractivity contribution < 1.29 is 25.2 Å². The Morgan fingerprint density at radius 2 is 1.92 bits per heavy atom. The lowest BCUT2D eigenvalue weighted by Gasteiger charge is -2.19. The molecule has 0 saturated heterocycles. The van der Waals surface area contributed by atoms with Crippen LogP contribution in [0.5, 0.6) is 0 Å². The van der Waals surface area contributed by atoms with Crippen molar-refractivity contribution in [2.24, 2.45) is 11.8 Å². The van der Waals surface area contributed by atoms with Gasteiger partial charge in [-0.1, -0.05) is 50.5 Å². The van der Waals surface area contributed by atoms with E-state index in [-0.39, 0.29) is 18.3 Å². The third-order valence-corrected chi connectivity index (χ3v) is 4.91. The Balaban J connectivity index is 2.46. The number of unbranched alkanes of at least 4 members (excludes halogenated alkanes) is 3. The lowest BCUT2D eigenvalue weighted by Crippen LogP contribution is -2.20. The van der Waals surface area contributed by atoms with Crippen molar-refractivity contribution in [1.82, 2.24) is 0 Å². The molecule has 0 radical (unpaired) electrons. The summed E-state index contributed by atoms with van der Waals surface area (Å²) in [5.41, 5.74) is 0. The molecule has 5 nitrogen and oxygen atoms in total. The third-order valence-electron chi connectivity index (χ3n) is 4.91. The number of hydrogen-bond donors (Lipinski definition) is 4. The number of rotatable bonds is 12. The Morgan fingerprint density at radius 3 is 2.60 bits per heavy atom. The van der Waals surface area contributed by atoms with Gasteiger partial charge in [-0.2, -0.15) is 0 Å². The summed E-state index contributed by atoms with van der Waals surface area (Å²) >= 11 is 0. The monoisotopic (exact) mass is 354 g/mol. The first-order valence-corrected chi connectivity index (χ1v) is 9.55. The van der Waals surface area contributed by atoms with Crippen molar-refractivity contribution in [1.29, 1.82) is 0 Å². The largest absolute Gasteiger partial charge is 0.481 e. The minimum absolute atomic E-state index is 0.0650. The maximum atomic E-state index is 10.5. The summed E-state index contributed by atoms with van der Waals surface area (Å²) in [6, 6.07) is 0. The van der Waals surface area contributed by atoms with Gasteiger partial charge in [0.15, 0.2) is 0 Å². The summed E-state index contributed by atoms with van der Waals surface area (Å²) < 4.78 is 0. The van der Waals surface area contributed by atoms with Crippen LogP contribution in [0.4, 0.5) is 0 Å². The molecule has 1 saturated carbocycles. The predicted molar refractivity (Wildman–Crippen MR) is 98.1 cm³/mol. The van der Waals surface area contributed by atoms with Gasteiger partial charge in [-0.25, -0.2) is 0 Å². The second-order valence-corrected chi connectivity index (χ2v) is 7.05. The van der Waals surface area contributed by atoms with Crippen molar-refractivity contribution in [2.75, 3.05) is 0 Å². The Hall–Kier alpha value is -1.17. The van der Waals surface area contributed by atoms with Gasteiger partial charge in [-0.3, -0.25) is 4.79 Å². The summed E-state index contributed by atoms with van der Waals surface area (Å²) in [5.74, 6) is -1.00. The fraction of sp³-hybridized carbons (Fsp3) is 0.750. The van der Waals surface area contributed by atoms with Crippen molar-refractivity contribution in [2.45, 2.75) is 83.0 Å². The molecule has 0 aromatic heterocycles. The molecule has 0 unspecified atom stereocenters. The topological polar surface area (TPSA) is 98.0 Å². The SMILES string of the molecule is CCCCC[C@H](O)C=C[C@@H]1[C@@H](CC=CCCCC(=O)O)[C@@H](O)C[C@H]1O. The molecule has 0 amide bonds. The first-order valence-electron chi connectivity index (χ1n) is 9.55. The molecule has 0 aromatic carbocycles. The van der Waals surface area contributed by atoms with E-state index < -0.39 is 24.3 Å². The fourth-order valence-corrected chi connectivity index (χ4v) is 3.41. The molecule has 0 spiro atoms. The number of aliphatic hydroxyl groups excluding tert-OH is 3. The highest BCUT2D eigenvalue weighted by molar-refractivity contribution is 5.66. The van der Waals surface area contributed by atoms with Crippen LogP contribution in [0, 0.1) is 11.8 Å². The van der Waals surface area contributed by atoms with Crippen LogP contribution in [0.15, 0.2) is 24.3 Å². The van der Waals surface area contributed by atoms with Gasteiger partial charge in [-0.15, -0.1) is 0 Å². The number of hydrogen-bond acceptors (Lipinski definition) is 4. The van der Waals surface area contributed by atoms with Gasteiger partial charge < -0.3 is 20.4 Å². The highest BCUT2D eigenvalue weighted by Crippen LogP contribution is 2.36. The molecule has 4 N–H and O–H groups in total. The summed E-state index contributed by atoms with van der Waals surface area (Å²) in [6.45, 7) is 2.12. The molecule has 144 valence electrons. The quantitative estimate of drug-likeness (QED) is 0.319. The first kappa shape index (κ1) is 21.9. The van der Waals surface area contributed by atoms with E-state index in [0.29, 0.717) is 25.7 Å². The van der Waals surface area contributed by atoms with E-state index in [1.807, 2.05) is 18.2 Å². The van der Waals surface area contributed by atoms with Crippen molar-refractivity contribution in [3.63, 3.8) is 0 Å². The first-order chi connectivity index (χ1) is 12.0. The maximum Gasteiger partial charge on any atom is 0.303 e. The molecule has 1 rings (SSSR count). The Kier molecular flexibility index (Phi) is 10.7. The van der Waals surface area contributed by atoms with Crippen LogP contribution in [0.2, 0.25) is 0 Å². The van der Waals surface area contributed by atoms with Gasteiger partial charge in [0.2, 0.25) is 0 Å². The Labute approximate surface area is 151 Å². The number of aliphatic hydroxyl groups is 3. The molecule has 0 bridgehead atoms. The van der Waals surface area contributed by atoms with Crippen LogP contribution in [0.25, 0.3) is 0 Å². The fourth-order valence-electron chi connectivity index (χ4n) is 3.41. The van der Waals surface area contributed by atoms with E-state index in [2.05, 4.69) is 6.92 Å². The number of carbonyl (C=O) groups is 1. The smallest absolute Gasteiger partial charge is 0.303 e. The number of allylic oxidation sites excluding steroid dienone is 2. The summed E-state index contributed by atoms with van der Waals surface area (Å²) in [4.78, 5) is 10.5. The molecule has 1 aliphatic carbocycles. The van der Waals surface area contributed by atoms with E-state index in [1.165, 1.54) is 0 Å². The van der Waals surface area contributed by atoms with Crippen LogP contribution in [0.1, 0.15) is 64.7 Å². The molecular weight excluding hydrogens is 320 g/mol. The minimum Gasteiger partial charge on any atom is -0.481 e. The van der Waals surface area contributed by atoms with Crippen molar-refractivity contribution >= 4 is 5.97 Å². The number of carboxylic acids is 1. The lowest BCUT2D eigenvalue weighted by atomic mass is 9.89. The van der Waals surface area contributed by atoms with E-state index in [9.17, 15) is 20.1 Å². The molecule has 1 fully saturated rings. The van der Waals surface area contributed by atoms with E-state index in [0.717, 1.165) is 25.7 Å². The molecule has 1 aliphatic rings. The van der Waals surface area contributed by atoms with E-state index >= 15 is 0 Å². The average molecular weight is 354 g/mol. The molecule has 5 heteroatoms. The van der Waals surface area contributed by atoms with Crippen LogP contribution in [0.3, 0.4) is 0 Å². The molecule has 5 atom stereocenters. The lowest BCUT2D eigenvalue weighted by molar-refractivity contribution is -0.137. The van der Waals surface area contributed by atoms with E-state index in [1.54, 1.807) is 6.08 Å². The Morgan fingerprint density at radius 1 is 1.16 bits per heavy atom. The summed E-state index contributed by atoms with van der Waals surface area (Å²) in [5, 5.41) is 39.0. The highest BCUT2D eigenvalue weighted by atomic mass is 16.4. The minimum atomic E-state index is -0.787. The zero-order valence-electron chi connectivity index (χ0n) is 15.3.